The summed E-state index contributed by atoms with van der Waals surface area (Å²) in [5, 5.41) is 47.8. The van der Waals surface area contributed by atoms with Crippen molar-refractivity contribution < 1.29 is 71.3 Å². The number of thioether (sulfide) groups is 2. The highest BCUT2D eigenvalue weighted by Gasteiger charge is 2.29. The Morgan fingerprint density at radius 2 is 1.10 bits per heavy atom. The summed E-state index contributed by atoms with van der Waals surface area (Å²) < 4.78 is 145. The standard InChI is InChI=1S/C50H52ClN11O16S6/c1-27-21-36(58-61-45-30(4)44(48(52)63)49-53-46-39(62(49)50(45)64)13-14-40(77-5)47(46)84(74,75)76)41(78-15-6-18-81(65,66)67)24-33(27)56-59-37-23-29(3)35(26-43(37)80-17-8-20-83(71,72)73)57-60-38-22-28(2)34(55-54-32-11-9-31(51)10-12-32)25-42(38)79-16-7-19-82(68,69)70/h9-14,21-26,64H,6-8,15-20H2,1-5H3,(H2,52,63)(H,65,66,67)(H,68,69,70)(H,71,72,73)(H,74,75,76). The maximum atomic E-state index is 13.0. The lowest BCUT2D eigenvalue weighted by Gasteiger charge is -2.13. The number of nitrogens with zero attached hydrogens (tertiary/aromatic N) is 10. The lowest BCUT2D eigenvalue weighted by Crippen LogP contribution is -2.15. The van der Waals surface area contributed by atoms with Crippen LogP contribution in [0.3, 0.4) is 0 Å². The van der Waals surface area contributed by atoms with E-state index < -0.39 is 74.4 Å². The number of aryl methyl sites for hydroxylation is 3. The quantitative estimate of drug-likeness (QED) is 0.0127. The second-order valence-corrected chi connectivity index (χ2v) is 27.1. The maximum absolute atomic E-state index is 13.0. The van der Waals surface area contributed by atoms with Crippen molar-refractivity contribution in [2.24, 2.45) is 46.6 Å². The second kappa shape index (κ2) is 26.9. The van der Waals surface area contributed by atoms with Gasteiger partial charge in [0.1, 0.15) is 28.4 Å². The lowest BCUT2D eigenvalue weighted by molar-refractivity contribution is 0.100. The number of imidazole rings is 1. The number of nitrogens with two attached hydrogens (primary N) is 1. The third kappa shape index (κ3) is 16.9. The van der Waals surface area contributed by atoms with Crippen molar-refractivity contribution in [1.82, 2.24) is 9.38 Å². The zero-order chi connectivity index (χ0) is 61.5. The maximum Gasteiger partial charge on any atom is 0.300 e. The lowest BCUT2D eigenvalue weighted by atomic mass is 10.1. The fourth-order valence-electron chi connectivity index (χ4n) is 7.97. The Labute approximate surface area is 495 Å². The van der Waals surface area contributed by atoms with Crippen LogP contribution in [-0.2, 0) is 40.5 Å². The van der Waals surface area contributed by atoms with E-state index in [2.05, 4.69) is 45.9 Å². The number of halogens is 1. The van der Waals surface area contributed by atoms with Crippen molar-refractivity contribution in [1.29, 1.82) is 0 Å². The SMILES string of the molecule is COc1ccc2c(nc3c(C(N)=O)c(C)c(N=Nc4cc(C)c(N=Nc5cc(C)c(N=Nc6cc(C)c(N=Nc7ccc(Cl)cc7)cc6SCCCS(=O)(=O)O)cc5SCCCS(=O)(=O)O)cc4OCCCS(=O)(=O)O)c(O)n32)c1S(=O)(=O)O. The van der Waals surface area contributed by atoms with E-state index >= 15 is 0 Å². The molecule has 0 fully saturated rings. The van der Waals surface area contributed by atoms with E-state index in [1.165, 1.54) is 54.7 Å². The largest absolute Gasteiger partial charge is 0.495 e. The van der Waals surface area contributed by atoms with Crippen LogP contribution in [0.5, 0.6) is 17.4 Å². The van der Waals surface area contributed by atoms with Crippen LogP contribution < -0.4 is 15.2 Å². The van der Waals surface area contributed by atoms with Gasteiger partial charge >= 0.3 is 0 Å². The smallest absolute Gasteiger partial charge is 0.300 e. The van der Waals surface area contributed by atoms with Gasteiger partial charge in [0.05, 0.1) is 76.2 Å². The fourth-order valence-corrected chi connectivity index (χ4v) is 12.7. The van der Waals surface area contributed by atoms with Gasteiger partial charge < -0.3 is 20.3 Å². The summed E-state index contributed by atoms with van der Waals surface area (Å²) in [7, 11) is -16.8. The number of primary amides is 1. The van der Waals surface area contributed by atoms with Crippen LogP contribution in [0.25, 0.3) is 16.7 Å². The molecule has 84 heavy (non-hydrogen) atoms. The molecule has 2 aromatic heterocycles. The topological polar surface area (TPSA) is 415 Å². The summed E-state index contributed by atoms with van der Waals surface area (Å²) >= 11 is 8.47. The minimum absolute atomic E-state index is 0.0285. The van der Waals surface area contributed by atoms with Gasteiger partial charge in [-0.3, -0.25) is 27.4 Å². The van der Waals surface area contributed by atoms with Gasteiger partial charge in [-0.15, -0.1) is 44.0 Å². The summed E-state index contributed by atoms with van der Waals surface area (Å²) in [4.78, 5) is 17.5. The molecule has 0 radical (unpaired) electrons. The van der Waals surface area contributed by atoms with Crippen molar-refractivity contribution >= 4 is 144 Å². The van der Waals surface area contributed by atoms with Crippen LogP contribution in [0.2, 0.25) is 5.02 Å². The van der Waals surface area contributed by atoms with Crippen LogP contribution in [0.4, 0.5) is 45.5 Å². The second-order valence-electron chi connectivity index (χ2n) is 18.3. The van der Waals surface area contributed by atoms with Crippen LogP contribution >= 0.6 is 35.1 Å². The van der Waals surface area contributed by atoms with Crippen LogP contribution in [0.1, 0.15) is 51.9 Å². The number of rotatable bonds is 26. The molecule has 0 unspecified atom stereocenters. The first-order valence-electron chi connectivity index (χ1n) is 24.5. The number of hydrogen-bond acceptors (Lipinski definition) is 23. The first-order chi connectivity index (χ1) is 39.4. The molecule has 27 nitrogen and oxygen atoms in total. The number of amides is 1. The average molecular weight is 1290 g/mol. The van der Waals surface area contributed by atoms with E-state index in [0.29, 0.717) is 54.3 Å². The molecule has 1 amide bonds. The average Bonchev–Trinajstić information content (AvgIpc) is 1.63. The number of aromatic hydroxyl groups is 1. The predicted molar refractivity (Wildman–Crippen MR) is 316 cm³/mol. The number of fused-ring (bicyclic) bond motifs is 3. The molecule has 0 bridgehead atoms. The third-order valence-corrected chi connectivity index (χ3v) is 17.8. The Balaban J connectivity index is 1.28. The van der Waals surface area contributed by atoms with Gasteiger partial charge in [-0.2, -0.15) is 54.1 Å². The van der Waals surface area contributed by atoms with E-state index in [1.54, 1.807) is 69.3 Å². The van der Waals surface area contributed by atoms with Gasteiger partial charge in [-0.05, 0) is 147 Å². The highest BCUT2D eigenvalue weighted by Crippen LogP contribution is 2.45. The molecule has 0 aliphatic heterocycles. The van der Waals surface area contributed by atoms with Crippen LogP contribution in [0, 0.1) is 27.7 Å². The molecule has 5 aromatic carbocycles. The van der Waals surface area contributed by atoms with E-state index in [-0.39, 0.29) is 99.4 Å². The van der Waals surface area contributed by atoms with Gasteiger partial charge in [-0.1, -0.05) is 11.6 Å². The minimum atomic E-state index is -5.00. The highest BCUT2D eigenvalue weighted by molar-refractivity contribution is 7.99. The fraction of sp³-hybridized carbons (Fsp3) is 0.280. The van der Waals surface area contributed by atoms with E-state index in [1.807, 2.05) is 0 Å². The molecule has 0 aliphatic carbocycles. The van der Waals surface area contributed by atoms with Crippen LogP contribution in [0.15, 0.2) is 128 Å². The summed E-state index contributed by atoms with van der Waals surface area (Å²) in [6.07, 6.45) is -0.0410. The first kappa shape index (κ1) is 64.5. The number of benzene rings is 5. The van der Waals surface area contributed by atoms with E-state index in [4.69, 9.17) is 26.8 Å². The zero-order valence-electron chi connectivity index (χ0n) is 44.9. The zero-order valence-corrected chi connectivity index (χ0v) is 50.6. The molecular weight excluding hydrogens is 1240 g/mol. The summed E-state index contributed by atoms with van der Waals surface area (Å²) in [6.45, 7) is 6.23. The van der Waals surface area contributed by atoms with Crippen molar-refractivity contribution in [3.05, 3.63) is 106 Å². The number of hydrogen-bond donors (Lipinski definition) is 6. The summed E-state index contributed by atoms with van der Waals surface area (Å²) in [6, 6.07) is 18.8. The van der Waals surface area contributed by atoms with Gasteiger partial charge in [0, 0.05) is 20.9 Å². The molecule has 0 atom stereocenters. The Hall–Kier alpha value is -7.05. The summed E-state index contributed by atoms with van der Waals surface area (Å²) in [5.41, 5.74) is 8.17. The molecule has 2 heterocycles. The number of azo groups is 4. The number of aromatic nitrogens is 2. The number of pyridine rings is 1. The molecule has 446 valence electrons. The molecule has 0 saturated carbocycles. The molecule has 0 spiro atoms. The number of methoxy groups -OCH3 is 1. The Morgan fingerprint density at radius 3 is 1.60 bits per heavy atom. The van der Waals surface area contributed by atoms with Gasteiger partial charge in [0.25, 0.3) is 46.4 Å². The molecule has 34 heteroatoms. The molecule has 7 rings (SSSR count). The van der Waals surface area contributed by atoms with E-state index in [9.17, 15) is 61.8 Å². The van der Waals surface area contributed by atoms with E-state index in [0.717, 1.165) is 11.5 Å². The number of carbonyl (C=O) groups excluding carboxylic acids is 1. The Bertz CT molecular complexity index is 4320. The monoisotopic (exact) mass is 1290 g/mol. The molecule has 0 aliphatic rings. The summed E-state index contributed by atoms with van der Waals surface area (Å²) in [5.74, 6) is -3.31. The third-order valence-electron chi connectivity index (χ3n) is 12.0. The first-order valence-corrected chi connectivity index (χ1v) is 33.1. The van der Waals surface area contributed by atoms with Crippen molar-refractivity contribution in [3.63, 3.8) is 0 Å². The normalized spacial score (nSPS) is 12.8. The van der Waals surface area contributed by atoms with Gasteiger partial charge in [0.15, 0.2) is 10.5 Å². The molecular formula is C50H52ClN11O16S6. The van der Waals surface area contributed by atoms with Gasteiger partial charge in [-0.25, -0.2) is 4.98 Å². The van der Waals surface area contributed by atoms with Crippen molar-refractivity contribution in [2.45, 2.75) is 61.6 Å². The van der Waals surface area contributed by atoms with Crippen molar-refractivity contribution in [2.75, 3.05) is 42.5 Å². The predicted octanol–water partition coefficient (Wildman–Crippen LogP) is 12.5. The van der Waals surface area contributed by atoms with Crippen molar-refractivity contribution in [3.8, 4) is 17.4 Å². The molecule has 7 aromatic rings. The highest BCUT2D eigenvalue weighted by atomic mass is 35.5. The Morgan fingerprint density at radius 1 is 0.619 bits per heavy atom. The van der Waals surface area contributed by atoms with Crippen LogP contribution in [-0.4, -0.2) is 115 Å². The van der Waals surface area contributed by atoms with Gasteiger partial charge in [0.2, 0.25) is 5.88 Å². The molecule has 0 saturated heterocycles. The minimum Gasteiger partial charge on any atom is -0.495 e. The number of carbonyl (C=O) groups is 1. The Kier molecular flexibility index (Phi) is 20.7. The number of ether oxygens (including phenoxy) is 2. The molecule has 7 N–H and O–H groups in total.